The number of nitrogens with zero attached hydrogens (tertiary/aromatic N) is 1. The zero-order chi connectivity index (χ0) is 20.5. The number of H-pyrrole nitrogens is 1. The highest BCUT2D eigenvalue weighted by atomic mass is 35.5. The molecule has 1 atom stereocenters. The molecule has 1 amide bonds. The summed E-state index contributed by atoms with van der Waals surface area (Å²) in [5.74, 6) is -1.20. The third-order valence-electron chi connectivity index (χ3n) is 5.66. The number of nitrogens with one attached hydrogen (secondary N) is 1. The number of rotatable bonds is 6. The molecule has 5 nitrogen and oxygen atoms in total. The predicted molar refractivity (Wildman–Crippen MR) is 114 cm³/mol. The maximum atomic E-state index is 14.1. The third-order valence-corrected chi connectivity index (χ3v) is 5.66. The number of fused-ring (bicyclic) bond motifs is 2. The van der Waals surface area contributed by atoms with Crippen LogP contribution in [0.4, 0.5) is 8.78 Å². The molecule has 0 saturated heterocycles. The molecular weight excluding hydrogens is 412 g/mol. The molecule has 4 rings (SSSR count). The molecule has 160 valence electrons. The van der Waals surface area contributed by atoms with Crippen molar-refractivity contribution < 1.29 is 18.3 Å². The molecule has 3 N–H and O–H groups in total. The van der Waals surface area contributed by atoms with E-state index < -0.39 is 11.7 Å². The summed E-state index contributed by atoms with van der Waals surface area (Å²) in [6, 6.07) is 7.34. The zero-order valence-corrected chi connectivity index (χ0v) is 17.4. The molecule has 2 aromatic carbocycles. The number of carbonyl (C=O) groups is 1. The molecule has 2 heterocycles. The van der Waals surface area contributed by atoms with Gasteiger partial charge < -0.3 is 15.5 Å². The third kappa shape index (κ3) is 4.13. The lowest BCUT2D eigenvalue weighted by Gasteiger charge is -2.35. The van der Waals surface area contributed by atoms with Crippen LogP contribution in [0.15, 0.2) is 36.5 Å². The van der Waals surface area contributed by atoms with Gasteiger partial charge in [0.2, 0.25) is 5.91 Å². The van der Waals surface area contributed by atoms with Crippen LogP contribution in [0.2, 0.25) is 0 Å². The second-order valence-corrected chi connectivity index (χ2v) is 7.32. The fourth-order valence-electron chi connectivity index (χ4n) is 4.12. The van der Waals surface area contributed by atoms with Gasteiger partial charge in [0.25, 0.3) is 0 Å². The largest absolute Gasteiger partial charge is 0.489 e. The minimum absolute atomic E-state index is 0. The van der Waals surface area contributed by atoms with Crippen LogP contribution < -0.4 is 10.5 Å². The van der Waals surface area contributed by atoms with Crippen molar-refractivity contribution in [1.29, 1.82) is 0 Å². The summed E-state index contributed by atoms with van der Waals surface area (Å²) in [5.41, 5.74) is 8.24. The number of ether oxygens (including phenoxy) is 1. The van der Waals surface area contributed by atoms with E-state index in [0.717, 1.165) is 36.0 Å². The van der Waals surface area contributed by atoms with Gasteiger partial charge in [-0.15, -0.1) is 12.4 Å². The van der Waals surface area contributed by atoms with Gasteiger partial charge in [0.1, 0.15) is 12.4 Å². The lowest BCUT2D eigenvalue weighted by atomic mass is 9.95. The first kappa shape index (κ1) is 22.1. The monoisotopic (exact) mass is 435 g/mol. The molecule has 0 radical (unpaired) electrons. The van der Waals surface area contributed by atoms with Crippen molar-refractivity contribution in [3.63, 3.8) is 0 Å². The van der Waals surface area contributed by atoms with Crippen LogP contribution in [0, 0.1) is 11.6 Å². The van der Waals surface area contributed by atoms with Crippen LogP contribution in [0.5, 0.6) is 5.75 Å². The number of aromatic amines is 1. The van der Waals surface area contributed by atoms with Gasteiger partial charge in [-0.2, -0.15) is 0 Å². The summed E-state index contributed by atoms with van der Waals surface area (Å²) >= 11 is 0. The predicted octanol–water partition coefficient (Wildman–Crippen LogP) is 3.83. The molecule has 1 aliphatic heterocycles. The number of halogens is 3. The second kappa shape index (κ2) is 9.02. The van der Waals surface area contributed by atoms with Gasteiger partial charge in [-0.25, -0.2) is 8.78 Å². The summed E-state index contributed by atoms with van der Waals surface area (Å²) in [7, 11) is 0. The molecule has 30 heavy (non-hydrogen) atoms. The molecule has 1 unspecified atom stereocenters. The van der Waals surface area contributed by atoms with Crippen LogP contribution in [-0.4, -0.2) is 41.5 Å². The van der Waals surface area contributed by atoms with E-state index in [2.05, 4.69) is 9.88 Å². The molecule has 0 aliphatic carbocycles. The molecular formula is C22H24ClF2N3O2. The molecule has 8 heteroatoms. The summed E-state index contributed by atoms with van der Waals surface area (Å²) in [6.07, 6.45) is 3.12. The van der Waals surface area contributed by atoms with Crippen LogP contribution in [0.3, 0.4) is 0 Å². The summed E-state index contributed by atoms with van der Waals surface area (Å²) in [4.78, 5) is 17.2. The van der Waals surface area contributed by atoms with Crippen molar-refractivity contribution in [2.45, 2.75) is 25.8 Å². The fourth-order valence-corrected chi connectivity index (χ4v) is 4.12. The standard InChI is InChI=1S/C22H23F2N3O2.ClH/c1-2-27(8-7-13-11-26-20-6-3-14(23)9-17(13)20)15-10-18-16(22(25)28)4-5-19(24)21(18)29-12-15;/h3-6,9,11,15,26H,2,7-8,10,12H2,1H3,(H2,25,28);1H. The first-order valence-electron chi connectivity index (χ1n) is 9.71. The molecule has 1 aromatic heterocycles. The maximum Gasteiger partial charge on any atom is 0.249 e. The van der Waals surface area contributed by atoms with Crippen molar-refractivity contribution in [3.8, 4) is 5.75 Å². The second-order valence-electron chi connectivity index (χ2n) is 7.32. The Bertz CT molecular complexity index is 1070. The molecule has 1 aliphatic rings. The van der Waals surface area contributed by atoms with Crippen molar-refractivity contribution in [2.24, 2.45) is 5.73 Å². The highest BCUT2D eigenvalue weighted by molar-refractivity contribution is 5.95. The van der Waals surface area contributed by atoms with Gasteiger partial charge in [-0.05, 0) is 55.3 Å². The number of benzene rings is 2. The van der Waals surface area contributed by atoms with Gasteiger partial charge in [0.15, 0.2) is 11.6 Å². The number of carbonyl (C=O) groups excluding carboxylic acids is 1. The van der Waals surface area contributed by atoms with E-state index in [4.69, 9.17) is 10.5 Å². The highest BCUT2D eigenvalue weighted by Crippen LogP contribution is 2.32. The molecule has 0 fully saturated rings. The zero-order valence-electron chi connectivity index (χ0n) is 16.6. The van der Waals surface area contributed by atoms with E-state index in [1.165, 1.54) is 18.2 Å². The van der Waals surface area contributed by atoms with Crippen LogP contribution in [-0.2, 0) is 12.8 Å². The number of amides is 1. The topological polar surface area (TPSA) is 71.3 Å². The number of nitrogens with two attached hydrogens (primary N) is 1. The average molecular weight is 436 g/mol. The Hall–Kier alpha value is -2.64. The lowest BCUT2D eigenvalue weighted by Crippen LogP contribution is -2.44. The van der Waals surface area contributed by atoms with E-state index in [1.54, 1.807) is 12.1 Å². The average Bonchev–Trinajstić information content (AvgIpc) is 3.10. The quantitative estimate of drug-likeness (QED) is 0.618. The number of aromatic nitrogens is 1. The first-order valence-corrected chi connectivity index (χ1v) is 9.71. The van der Waals surface area contributed by atoms with Crippen molar-refractivity contribution in [1.82, 2.24) is 9.88 Å². The fraction of sp³-hybridized carbons (Fsp3) is 0.318. The van der Waals surface area contributed by atoms with Crippen molar-refractivity contribution >= 4 is 29.2 Å². The highest BCUT2D eigenvalue weighted by Gasteiger charge is 2.29. The maximum absolute atomic E-state index is 14.1. The van der Waals surface area contributed by atoms with E-state index in [1.807, 2.05) is 13.1 Å². The van der Waals surface area contributed by atoms with E-state index in [0.29, 0.717) is 24.2 Å². The van der Waals surface area contributed by atoms with Gasteiger partial charge in [-0.1, -0.05) is 6.92 Å². The number of likely N-dealkylation sites (N-methyl/N-ethyl adjacent to an activating group) is 1. The van der Waals surface area contributed by atoms with Crippen LogP contribution in [0.1, 0.15) is 28.4 Å². The van der Waals surface area contributed by atoms with Gasteiger partial charge >= 0.3 is 0 Å². The van der Waals surface area contributed by atoms with Crippen LogP contribution in [0.25, 0.3) is 10.9 Å². The SMILES string of the molecule is CCN(CCc1c[nH]c2ccc(F)cc12)C1COc2c(F)ccc(C(N)=O)c2C1.Cl. The van der Waals surface area contributed by atoms with Crippen LogP contribution >= 0.6 is 12.4 Å². The van der Waals surface area contributed by atoms with E-state index in [9.17, 15) is 13.6 Å². The Morgan fingerprint density at radius 2 is 2.10 bits per heavy atom. The smallest absolute Gasteiger partial charge is 0.249 e. The number of hydrogen-bond acceptors (Lipinski definition) is 3. The number of hydrogen-bond donors (Lipinski definition) is 2. The van der Waals surface area contributed by atoms with Crippen molar-refractivity contribution in [3.05, 3.63) is 64.9 Å². The molecule has 3 aromatic rings. The normalized spacial score (nSPS) is 15.5. The molecule has 0 bridgehead atoms. The van der Waals surface area contributed by atoms with Gasteiger partial charge in [-0.3, -0.25) is 9.69 Å². The molecule has 0 spiro atoms. The van der Waals surface area contributed by atoms with Gasteiger partial charge in [0.05, 0.1) is 0 Å². The van der Waals surface area contributed by atoms with E-state index >= 15 is 0 Å². The minimum atomic E-state index is -0.589. The lowest BCUT2D eigenvalue weighted by molar-refractivity contribution is 0.0988. The number of primary amides is 1. The Morgan fingerprint density at radius 3 is 2.83 bits per heavy atom. The Labute approximate surface area is 179 Å². The minimum Gasteiger partial charge on any atom is -0.489 e. The molecule has 0 saturated carbocycles. The van der Waals surface area contributed by atoms with Gasteiger partial charge in [0, 0.05) is 40.8 Å². The first-order chi connectivity index (χ1) is 14.0. The Morgan fingerprint density at radius 1 is 1.30 bits per heavy atom. The summed E-state index contributed by atoms with van der Waals surface area (Å²) in [5, 5.41) is 0.879. The Kier molecular flexibility index (Phi) is 6.63. The van der Waals surface area contributed by atoms with E-state index in [-0.39, 0.29) is 30.0 Å². The Balaban J connectivity index is 0.00000256. The summed E-state index contributed by atoms with van der Waals surface area (Å²) in [6.45, 7) is 3.87. The summed E-state index contributed by atoms with van der Waals surface area (Å²) < 4.78 is 33.4. The van der Waals surface area contributed by atoms with Crippen molar-refractivity contribution in [2.75, 3.05) is 19.7 Å².